The molecule has 1 aliphatic rings. The maximum absolute atomic E-state index is 11.6. The number of phenolic OH excluding ortho intramolecular Hbond substituents is 1. The zero-order valence-electron chi connectivity index (χ0n) is 11.9. The van der Waals surface area contributed by atoms with Crippen LogP contribution in [-0.2, 0) is 9.53 Å². The molecule has 0 saturated heterocycles. The Morgan fingerprint density at radius 1 is 1.50 bits per heavy atom. The van der Waals surface area contributed by atoms with E-state index in [-0.39, 0.29) is 11.7 Å². The standard InChI is InChI=1S/C15H14N2O3S2/c1-2-20-15(19)11-8-21-13(17-11)5-6-14-16-10-4-3-9(18)7-12(10)22-14/h3-7,11,18H,2,8H2,1H3. The molecule has 2 heterocycles. The molecule has 1 aliphatic heterocycles. The molecule has 0 bridgehead atoms. The van der Waals surface area contributed by atoms with Gasteiger partial charge in [0.05, 0.1) is 21.9 Å². The fraction of sp³-hybridized carbons (Fsp3) is 0.267. The number of hydrogen-bond donors (Lipinski definition) is 1. The topological polar surface area (TPSA) is 71.8 Å². The molecule has 1 N–H and O–H groups in total. The third kappa shape index (κ3) is 3.31. The summed E-state index contributed by atoms with van der Waals surface area (Å²) in [5.74, 6) is 0.584. The molecule has 2 aromatic rings. The molecule has 0 spiro atoms. The number of fused-ring (bicyclic) bond motifs is 1. The van der Waals surface area contributed by atoms with Crippen molar-refractivity contribution < 1.29 is 14.6 Å². The van der Waals surface area contributed by atoms with Crippen LogP contribution in [0.1, 0.15) is 11.9 Å². The second-order valence-corrected chi connectivity index (χ2v) is 6.69. The Balaban J connectivity index is 1.73. The number of rotatable bonds is 4. The summed E-state index contributed by atoms with van der Waals surface area (Å²) in [6.45, 7) is 2.16. The van der Waals surface area contributed by atoms with Gasteiger partial charge in [-0.25, -0.2) is 9.78 Å². The summed E-state index contributed by atoms with van der Waals surface area (Å²) in [4.78, 5) is 20.4. The van der Waals surface area contributed by atoms with E-state index in [4.69, 9.17) is 4.74 Å². The van der Waals surface area contributed by atoms with Gasteiger partial charge in [-0.1, -0.05) is 0 Å². The number of aromatic hydroxyl groups is 1. The van der Waals surface area contributed by atoms with Crippen LogP contribution in [0.2, 0.25) is 0 Å². The Bertz CT molecular complexity index is 767. The van der Waals surface area contributed by atoms with Crippen LogP contribution >= 0.6 is 23.1 Å². The quantitative estimate of drug-likeness (QED) is 0.870. The summed E-state index contributed by atoms with van der Waals surface area (Å²) in [5, 5.41) is 11.1. The van der Waals surface area contributed by atoms with Crippen molar-refractivity contribution in [2.75, 3.05) is 12.4 Å². The Hall–Kier alpha value is -1.86. The predicted molar refractivity (Wildman–Crippen MR) is 90.6 cm³/mol. The highest BCUT2D eigenvalue weighted by Crippen LogP contribution is 2.27. The molecule has 0 aliphatic carbocycles. The number of carbonyl (C=O) groups is 1. The van der Waals surface area contributed by atoms with E-state index in [0.717, 1.165) is 20.3 Å². The Labute approximate surface area is 135 Å². The number of thiazole rings is 1. The molecule has 3 rings (SSSR count). The summed E-state index contributed by atoms with van der Waals surface area (Å²) < 4.78 is 5.91. The third-order valence-corrected chi connectivity index (χ3v) is 4.99. The highest BCUT2D eigenvalue weighted by Gasteiger charge is 2.24. The normalized spacial score (nSPS) is 18.0. The molecule has 1 atom stereocenters. The number of hydrogen-bond acceptors (Lipinski definition) is 7. The summed E-state index contributed by atoms with van der Waals surface area (Å²) in [6, 6.07) is 4.70. The van der Waals surface area contributed by atoms with Crippen LogP contribution in [0.5, 0.6) is 5.75 Å². The molecule has 0 saturated carbocycles. The monoisotopic (exact) mass is 334 g/mol. The molecule has 0 radical (unpaired) electrons. The van der Waals surface area contributed by atoms with Crippen molar-refractivity contribution >= 4 is 50.4 Å². The number of benzene rings is 1. The first-order valence-corrected chi connectivity index (χ1v) is 8.61. The summed E-state index contributed by atoms with van der Waals surface area (Å²) in [7, 11) is 0. The Morgan fingerprint density at radius 2 is 2.36 bits per heavy atom. The maximum atomic E-state index is 11.6. The van der Waals surface area contributed by atoms with Gasteiger partial charge in [-0.05, 0) is 37.3 Å². The van der Waals surface area contributed by atoms with E-state index in [1.807, 2.05) is 12.2 Å². The van der Waals surface area contributed by atoms with Crippen molar-refractivity contribution in [3.63, 3.8) is 0 Å². The summed E-state index contributed by atoms with van der Waals surface area (Å²) in [5.41, 5.74) is 0.855. The minimum atomic E-state index is -0.406. The molecular weight excluding hydrogens is 320 g/mol. The zero-order valence-corrected chi connectivity index (χ0v) is 13.5. The van der Waals surface area contributed by atoms with E-state index in [1.165, 1.54) is 23.1 Å². The van der Waals surface area contributed by atoms with Crippen LogP contribution in [0.15, 0.2) is 29.3 Å². The fourth-order valence-corrected chi connectivity index (χ4v) is 3.80. The van der Waals surface area contributed by atoms with Crippen LogP contribution in [0.25, 0.3) is 16.3 Å². The van der Waals surface area contributed by atoms with Gasteiger partial charge in [0, 0.05) is 5.75 Å². The minimum Gasteiger partial charge on any atom is -0.508 e. The number of phenols is 1. The van der Waals surface area contributed by atoms with Gasteiger partial charge in [-0.15, -0.1) is 23.1 Å². The summed E-state index contributed by atoms with van der Waals surface area (Å²) >= 11 is 3.03. The van der Waals surface area contributed by atoms with Crippen molar-refractivity contribution in [1.82, 2.24) is 4.98 Å². The van der Waals surface area contributed by atoms with Gasteiger partial charge in [0.2, 0.25) is 0 Å². The Kier molecular flexibility index (Phi) is 4.44. The lowest BCUT2D eigenvalue weighted by atomic mass is 10.3. The highest BCUT2D eigenvalue weighted by molar-refractivity contribution is 8.14. The van der Waals surface area contributed by atoms with Gasteiger partial charge in [0.1, 0.15) is 10.8 Å². The first-order chi connectivity index (χ1) is 10.7. The van der Waals surface area contributed by atoms with Crippen molar-refractivity contribution in [2.45, 2.75) is 13.0 Å². The summed E-state index contributed by atoms with van der Waals surface area (Å²) in [6.07, 6.45) is 3.74. The second kappa shape index (κ2) is 6.50. The highest BCUT2D eigenvalue weighted by atomic mass is 32.2. The van der Waals surface area contributed by atoms with Crippen LogP contribution in [-0.4, -0.2) is 39.5 Å². The molecule has 1 aromatic carbocycles. The minimum absolute atomic E-state index is 0.236. The lowest BCUT2D eigenvalue weighted by Gasteiger charge is -2.03. The number of thioether (sulfide) groups is 1. The predicted octanol–water partition coefficient (Wildman–Crippen LogP) is 3.09. The first kappa shape index (κ1) is 15.1. The van der Waals surface area contributed by atoms with Crippen LogP contribution in [0, 0.1) is 0 Å². The van der Waals surface area contributed by atoms with E-state index in [9.17, 15) is 9.90 Å². The van der Waals surface area contributed by atoms with Gasteiger partial charge in [0.25, 0.3) is 0 Å². The number of carbonyl (C=O) groups excluding carboxylic acids is 1. The number of ether oxygens (including phenoxy) is 1. The van der Waals surface area contributed by atoms with Crippen molar-refractivity contribution in [1.29, 1.82) is 0 Å². The average molecular weight is 334 g/mol. The molecular formula is C15H14N2O3S2. The molecule has 0 fully saturated rings. The van der Waals surface area contributed by atoms with Crippen LogP contribution in [0.4, 0.5) is 0 Å². The van der Waals surface area contributed by atoms with E-state index < -0.39 is 6.04 Å². The van der Waals surface area contributed by atoms with E-state index >= 15 is 0 Å². The number of nitrogens with zero attached hydrogens (tertiary/aromatic N) is 2. The van der Waals surface area contributed by atoms with Crippen molar-refractivity contribution in [3.05, 3.63) is 29.3 Å². The lowest BCUT2D eigenvalue weighted by molar-refractivity contribution is -0.143. The molecule has 7 heteroatoms. The fourth-order valence-electron chi connectivity index (χ4n) is 1.99. The molecule has 1 aromatic heterocycles. The van der Waals surface area contributed by atoms with Gasteiger partial charge >= 0.3 is 5.97 Å². The smallest absolute Gasteiger partial charge is 0.331 e. The number of aromatic nitrogens is 1. The van der Waals surface area contributed by atoms with Gasteiger partial charge in [-0.3, -0.25) is 4.99 Å². The van der Waals surface area contributed by atoms with Crippen LogP contribution in [0.3, 0.4) is 0 Å². The third-order valence-electron chi connectivity index (χ3n) is 2.99. The molecule has 22 heavy (non-hydrogen) atoms. The molecule has 5 nitrogen and oxygen atoms in total. The SMILES string of the molecule is CCOC(=O)C1CSC(C=Cc2nc3ccc(O)cc3s2)=N1. The van der Waals surface area contributed by atoms with E-state index in [0.29, 0.717) is 12.4 Å². The molecule has 0 amide bonds. The average Bonchev–Trinajstić information content (AvgIpc) is 3.11. The second-order valence-electron chi connectivity index (χ2n) is 4.58. The van der Waals surface area contributed by atoms with Crippen molar-refractivity contribution in [2.24, 2.45) is 4.99 Å². The van der Waals surface area contributed by atoms with E-state index in [1.54, 1.807) is 25.1 Å². The van der Waals surface area contributed by atoms with E-state index in [2.05, 4.69) is 9.98 Å². The van der Waals surface area contributed by atoms with Gasteiger partial charge in [0.15, 0.2) is 6.04 Å². The maximum Gasteiger partial charge on any atom is 0.331 e. The number of aliphatic imine (C=N–C) groups is 1. The molecule has 1 unspecified atom stereocenters. The zero-order chi connectivity index (χ0) is 15.5. The number of esters is 1. The van der Waals surface area contributed by atoms with Crippen LogP contribution < -0.4 is 0 Å². The van der Waals surface area contributed by atoms with Crippen molar-refractivity contribution in [3.8, 4) is 5.75 Å². The van der Waals surface area contributed by atoms with Gasteiger partial charge < -0.3 is 9.84 Å². The first-order valence-electron chi connectivity index (χ1n) is 6.80. The Morgan fingerprint density at radius 3 is 3.18 bits per heavy atom. The lowest BCUT2D eigenvalue weighted by Crippen LogP contribution is -2.21. The van der Waals surface area contributed by atoms with Gasteiger partial charge in [-0.2, -0.15) is 0 Å². The largest absolute Gasteiger partial charge is 0.508 e. The molecule has 114 valence electrons.